The van der Waals surface area contributed by atoms with E-state index in [4.69, 9.17) is 0 Å². The van der Waals surface area contributed by atoms with Crippen molar-refractivity contribution in [3.63, 3.8) is 0 Å². The lowest BCUT2D eigenvalue weighted by atomic mass is 10.2. The number of nitrogens with zero attached hydrogens (tertiary/aromatic N) is 1. The van der Waals surface area contributed by atoms with Gasteiger partial charge in [0, 0.05) is 6.54 Å². The van der Waals surface area contributed by atoms with Gasteiger partial charge in [-0.2, -0.15) is 0 Å². The average molecular weight is 342 g/mol. The third-order valence-electron chi connectivity index (χ3n) is 2.59. The van der Waals surface area contributed by atoms with Crippen LogP contribution in [0.3, 0.4) is 0 Å². The number of halogens is 1. The lowest BCUT2D eigenvalue weighted by Gasteiger charge is -2.09. The van der Waals surface area contributed by atoms with Crippen LogP contribution in [-0.4, -0.2) is 27.7 Å². The third-order valence-corrected chi connectivity index (χ3v) is 4.13. The quantitative estimate of drug-likeness (QED) is 0.853. The Balaban J connectivity index is 2.27. The van der Waals surface area contributed by atoms with E-state index >= 15 is 0 Å². The van der Waals surface area contributed by atoms with Gasteiger partial charge in [-0.15, -0.1) is 0 Å². The molecule has 1 saturated heterocycles. The Morgan fingerprint density at radius 3 is 2.79 bits per heavy atom. The fraction of sp³-hybridized carbons (Fsp3) is 0.231. The molecule has 6 heteroatoms. The van der Waals surface area contributed by atoms with Crippen LogP contribution in [0.4, 0.5) is 4.79 Å². The first-order valence-electron chi connectivity index (χ1n) is 5.77. The van der Waals surface area contributed by atoms with E-state index in [9.17, 15) is 14.7 Å². The molecule has 2 rings (SSSR count). The Kier molecular flexibility index (Phi) is 4.31. The average Bonchev–Trinajstić information content (AvgIpc) is 2.62. The zero-order valence-corrected chi connectivity index (χ0v) is 12.6. The summed E-state index contributed by atoms with van der Waals surface area (Å²) in [6, 6.07) is 4.92. The van der Waals surface area contributed by atoms with Gasteiger partial charge in [0.25, 0.3) is 11.1 Å². The normalized spacial score (nSPS) is 17.6. The van der Waals surface area contributed by atoms with Gasteiger partial charge >= 0.3 is 0 Å². The van der Waals surface area contributed by atoms with Gasteiger partial charge in [0.2, 0.25) is 0 Å². The molecule has 0 radical (unpaired) electrons. The molecule has 100 valence electrons. The summed E-state index contributed by atoms with van der Waals surface area (Å²) >= 11 is 4.16. The Morgan fingerprint density at radius 2 is 2.16 bits per heavy atom. The van der Waals surface area contributed by atoms with E-state index in [1.165, 1.54) is 11.0 Å². The number of amides is 2. The maximum atomic E-state index is 12.0. The molecule has 1 heterocycles. The molecule has 0 aromatic heterocycles. The highest BCUT2D eigenvalue weighted by Crippen LogP contribution is 2.33. The summed E-state index contributed by atoms with van der Waals surface area (Å²) in [4.78, 5) is 25.4. The summed E-state index contributed by atoms with van der Waals surface area (Å²) < 4.78 is 0.550. The Morgan fingerprint density at radius 1 is 1.42 bits per heavy atom. The van der Waals surface area contributed by atoms with Crippen LogP contribution in [0.15, 0.2) is 27.6 Å². The van der Waals surface area contributed by atoms with Crippen LogP contribution in [0, 0.1) is 0 Å². The maximum absolute atomic E-state index is 12.0. The molecule has 2 amide bonds. The Bertz CT molecular complexity index is 571. The van der Waals surface area contributed by atoms with Crippen LogP contribution < -0.4 is 0 Å². The van der Waals surface area contributed by atoms with Crippen LogP contribution in [0.2, 0.25) is 0 Å². The molecule has 4 nitrogen and oxygen atoms in total. The van der Waals surface area contributed by atoms with Gasteiger partial charge in [0.15, 0.2) is 0 Å². The first-order chi connectivity index (χ1) is 9.02. The van der Waals surface area contributed by atoms with E-state index in [2.05, 4.69) is 15.9 Å². The number of hydrogen-bond donors (Lipinski definition) is 1. The number of carbonyl (C=O) groups is 2. The maximum Gasteiger partial charge on any atom is 0.293 e. The fourth-order valence-electron chi connectivity index (χ4n) is 1.68. The largest absolute Gasteiger partial charge is 0.507 e. The molecule has 19 heavy (non-hydrogen) atoms. The summed E-state index contributed by atoms with van der Waals surface area (Å²) in [6.45, 7) is 2.37. The number of carbonyl (C=O) groups excluding carboxylic acids is 2. The molecule has 0 saturated carbocycles. The van der Waals surface area contributed by atoms with Gasteiger partial charge in [0.05, 0.1) is 9.38 Å². The number of phenols is 1. The Hall–Kier alpha value is -1.27. The van der Waals surface area contributed by atoms with Crippen molar-refractivity contribution in [3.8, 4) is 5.75 Å². The molecular weight excluding hydrogens is 330 g/mol. The Labute approximate surface area is 123 Å². The highest BCUT2D eigenvalue weighted by Gasteiger charge is 2.34. The molecule has 1 fully saturated rings. The molecule has 0 spiro atoms. The number of benzene rings is 1. The predicted octanol–water partition coefficient (Wildman–Crippen LogP) is 3.60. The second-order valence-corrected chi connectivity index (χ2v) is 5.89. The smallest absolute Gasteiger partial charge is 0.293 e. The van der Waals surface area contributed by atoms with Crippen molar-refractivity contribution in [1.82, 2.24) is 4.90 Å². The van der Waals surface area contributed by atoms with Crippen molar-refractivity contribution < 1.29 is 14.7 Å². The molecule has 1 aliphatic rings. The van der Waals surface area contributed by atoms with Gasteiger partial charge in [-0.1, -0.05) is 13.0 Å². The van der Waals surface area contributed by atoms with Crippen molar-refractivity contribution >= 4 is 44.9 Å². The highest BCUT2D eigenvalue weighted by molar-refractivity contribution is 9.10. The van der Waals surface area contributed by atoms with Crippen molar-refractivity contribution in [2.24, 2.45) is 0 Å². The summed E-state index contributed by atoms with van der Waals surface area (Å²) in [5.41, 5.74) is 0.756. The molecule has 1 aromatic carbocycles. The fourth-order valence-corrected chi connectivity index (χ4v) is 2.94. The van der Waals surface area contributed by atoms with Gasteiger partial charge in [0.1, 0.15) is 5.75 Å². The van der Waals surface area contributed by atoms with E-state index < -0.39 is 0 Å². The number of thioether (sulfide) groups is 1. The zero-order chi connectivity index (χ0) is 14.0. The molecule has 0 bridgehead atoms. The molecule has 0 unspecified atom stereocenters. The molecular formula is C13H12BrNO3S. The number of phenolic OH excluding ortho intramolecular Hbond substituents is 1. The van der Waals surface area contributed by atoms with Crippen LogP contribution in [0.5, 0.6) is 5.75 Å². The summed E-state index contributed by atoms with van der Waals surface area (Å²) in [5.74, 6) is -0.114. The first kappa shape index (κ1) is 14.1. The number of hydrogen-bond acceptors (Lipinski definition) is 4. The first-order valence-corrected chi connectivity index (χ1v) is 7.37. The summed E-state index contributed by atoms with van der Waals surface area (Å²) in [5, 5.41) is 9.18. The summed E-state index contributed by atoms with van der Waals surface area (Å²) in [7, 11) is 0. The number of imide groups is 1. The second-order valence-electron chi connectivity index (χ2n) is 4.04. The van der Waals surface area contributed by atoms with Gasteiger partial charge in [-0.3, -0.25) is 14.5 Å². The minimum atomic E-state index is -0.249. The lowest BCUT2D eigenvalue weighted by molar-refractivity contribution is -0.122. The molecule has 0 atom stereocenters. The van der Waals surface area contributed by atoms with Gasteiger partial charge in [-0.05, 0) is 57.9 Å². The van der Waals surface area contributed by atoms with E-state index in [0.29, 0.717) is 15.9 Å². The molecule has 1 aromatic rings. The third kappa shape index (κ3) is 3.01. The molecule has 1 aliphatic heterocycles. The van der Waals surface area contributed by atoms with E-state index in [-0.39, 0.29) is 16.9 Å². The van der Waals surface area contributed by atoms with Crippen molar-refractivity contribution in [1.29, 1.82) is 0 Å². The highest BCUT2D eigenvalue weighted by atomic mass is 79.9. The van der Waals surface area contributed by atoms with Crippen LogP contribution in [0.1, 0.15) is 18.9 Å². The van der Waals surface area contributed by atoms with Gasteiger partial charge in [-0.25, -0.2) is 0 Å². The van der Waals surface area contributed by atoms with Crippen LogP contribution >= 0.6 is 27.7 Å². The standard InChI is InChI=1S/C13H12BrNO3S/c1-2-5-15-12(17)11(19-13(15)18)7-8-3-4-10(16)9(14)6-8/h3-4,6-7,16H,2,5H2,1H3/b11-7+. The topological polar surface area (TPSA) is 57.6 Å². The van der Waals surface area contributed by atoms with Crippen molar-refractivity contribution in [2.75, 3.05) is 6.54 Å². The minimum absolute atomic E-state index is 0.135. The van der Waals surface area contributed by atoms with E-state index in [1.807, 2.05) is 6.92 Å². The van der Waals surface area contributed by atoms with Crippen LogP contribution in [-0.2, 0) is 4.79 Å². The minimum Gasteiger partial charge on any atom is -0.507 e. The monoisotopic (exact) mass is 341 g/mol. The van der Waals surface area contributed by atoms with Gasteiger partial charge < -0.3 is 5.11 Å². The lowest BCUT2D eigenvalue weighted by Crippen LogP contribution is -2.28. The number of aromatic hydroxyl groups is 1. The van der Waals surface area contributed by atoms with Crippen molar-refractivity contribution in [2.45, 2.75) is 13.3 Å². The SMILES string of the molecule is CCCN1C(=O)S/C(=C/c2ccc(O)c(Br)c2)C1=O. The van der Waals surface area contributed by atoms with E-state index in [1.54, 1.807) is 18.2 Å². The zero-order valence-electron chi connectivity index (χ0n) is 10.2. The summed E-state index contributed by atoms with van der Waals surface area (Å²) in [6.07, 6.45) is 2.40. The van der Waals surface area contributed by atoms with E-state index in [0.717, 1.165) is 23.7 Å². The van der Waals surface area contributed by atoms with Crippen molar-refractivity contribution in [3.05, 3.63) is 33.1 Å². The number of rotatable bonds is 3. The molecule has 1 N–H and O–H groups in total. The predicted molar refractivity (Wildman–Crippen MR) is 78.8 cm³/mol. The molecule has 0 aliphatic carbocycles. The van der Waals surface area contributed by atoms with Crippen LogP contribution in [0.25, 0.3) is 6.08 Å². The second kappa shape index (κ2) is 5.79.